The van der Waals surface area contributed by atoms with Crippen LogP contribution in [0.1, 0.15) is 62.4 Å². The van der Waals surface area contributed by atoms with Crippen LogP contribution in [0.15, 0.2) is 108 Å². The molecule has 0 saturated carbocycles. The van der Waals surface area contributed by atoms with E-state index in [2.05, 4.69) is 61.8 Å². The molecule has 318 valence electrons. The van der Waals surface area contributed by atoms with E-state index in [9.17, 15) is 9.59 Å². The number of amides is 2. The standard InChI is InChI=1S/C49H48N4O6S3/c1-7-50-39-24-45(43(56-4)22-37(39)47(54)52-17-16-34-12-8-10-14-41(34)52)58-27-31-18-32(20-33(19-31)29-61-30-49(2,3)62-60-6)28-59-46-25-40-38(23-44(46)57-5)48(55)53-36(26-51-40)21-35-13-9-11-15-42(35)53/h8-15,18-20,22-26,36H,1,16-17,21,27-30H2,2-6H3/t36-/m0/s1. The van der Waals surface area contributed by atoms with Crippen LogP contribution in [0, 0.1) is 0 Å². The van der Waals surface area contributed by atoms with Crippen LogP contribution in [0.3, 0.4) is 0 Å². The van der Waals surface area contributed by atoms with Gasteiger partial charge in [0, 0.05) is 58.9 Å². The average molecular weight is 885 g/mol. The zero-order valence-corrected chi connectivity index (χ0v) is 37.9. The smallest absolute Gasteiger partial charge is 0.261 e. The number of hydrogen-bond donors (Lipinski definition) is 0. The van der Waals surface area contributed by atoms with Crippen LogP contribution in [0.5, 0.6) is 23.0 Å². The monoisotopic (exact) mass is 884 g/mol. The number of benzene rings is 5. The number of hydrogen-bond acceptors (Lipinski definition) is 11. The predicted octanol–water partition coefficient (Wildman–Crippen LogP) is 10.9. The van der Waals surface area contributed by atoms with Gasteiger partial charge in [0.2, 0.25) is 0 Å². The topological polar surface area (TPSA) is 102 Å². The van der Waals surface area contributed by atoms with Crippen molar-refractivity contribution in [3.63, 3.8) is 0 Å². The van der Waals surface area contributed by atoms with Gasteiger partial charge in [0.05, 0.1) is 42.8 Å². The highest BCUT2D eigenvalue weighted by Crippen LogP contribution is 2.42. The molecule has 10 nitrogen and oxygen atoms in total. The van der Waals surface area contributed by atoms with E-state index in [1.807, 2.05) is 76.1 Å². The minimum absolute atomic E-state index is 0.107. The van der Waals surface area contributed by atoms with E-state index >= 15 is 0 Å². The maximum Gasteiger partial charge on any atom is 0.261 e. The third kappa shape index (κ3) is 9.13. The van der Waals surface area contributed by atoms with Gasteiger partial charge in [-0.2, -0.15) is 11.8 Å². The van der Waals surface area contributed by atoms with Crippen LogP contribution in [0.25, 0.3) is 0 Å². The van der Waals surface area contributed by atoms with Crippen LogP contribution >= 0.6 is 33.3 Å². The van der Waals surface area contributed by atoms with Crippen LogP contribution in [-0.2, 0) is 31.8 Å². The number of methoxy groups -OCH3 is 2. The molecular formula is C49H48N4O6S3. The molecule has 0 unspecified atom stereocenters. The van der Waals surface area contributed by atoms with Gasteiger partial charge < -0.3 is 23.8 Å². The fourth-order valence-corrected chi connectivity index (χ4v) is 11.8. The lowest BCUT2D eigenvalue weighted by molar-refractivity contribution is 0.0980. The van der Waals surface area contributed by atoms with Gasteiger partial charge in [-0.25, -0.2) is 4.99 Å². The summed E-state index contributed by atoms with van der Waals surface area (Å²) in [6.07, 6.45) is 5.46. The van der Waals surface area contributed by atoms with E-state index in [0.717, 1.165) is 57.1 Å². The van der Waals surface area contributed by atoms with E-state index in [1.54, 1.807) is 54.2 Å². The Labute approximate surface area is 375 Å². The SMILES string of the molecule is C=C=Nc1cc(OCc2cc(COc3cc4c(cc3OC)C(=O)N3c5ccccc5C[C@H]3C=N4)cc(CSCC(C)(C)SSC)c2)c(OC)cc1C(=O)N1CCc2ccccc21. The molecule has 0 spiro atoms. The van der Waals surface area contributed by atoms with Crippen LogP contribution < -0.4 is 28.7 Å². The molecule has 5 aromatic carbocycles. The van der Waals surface area contributed by atoms with E-state index in [-0.39, 0.29) is 35.8 Å². The van der Waals surface area contributed by atoms with Crippen molar-refractivity contribution < 1.29 is 28.5 Å². The Morgan fingerprint density at radius 3 is 2.24 bits per heavy atom. The van der Waals surface area contributed by atoms with Crippen molar-refractivity contribution in [2.75, 3.05) is 42.6 Å². The summed E-state index contributed by atoms with van der Waals surface area (Å²) in [6, 6.07) is 29.0. The lowest BCUT2D eigenvalue weighted by Gasteiger charge is -2.22. The molecule has 1 atom stereocenters. The summed E-state index contributed by atoms with van der Waals surface area (Å²) in [5, 5.41) is 0. The van der Waals surface area contributed by atoms with Crippen molar-refractivity contribution in [3.8, 4) is 23.0 Å². The maximum absolute atomic E-state index is 14.0. The van der Waals surface area contributed by atoms with Gasteiger partial charge in [-0.15, -0.1) is 0 Å². The molecular weight excluding hydrogens is 837 g/mol. The highest BCUT2D eigenvalue weighted by Gasteiger charge is 2.36. The van der Waals surface area contributed by atoms with Gasteiger partial charge >= 0.3 is 0 Å². The number of fused-ring (bicyclic) bond motifs is 5. The second-order valence-electron chi connectivity index (χ2n) is 15.7. The van der Waals surface area contributed by atoms with Gasteiger partial charge in [0.25, 0.3) is 11.8 Å². The minimum atomic E-state index is -0.182. The first-order chi connectivity index (χ1) is 30.1. The summed E-state index contributed by atoms with van der Waals surface area (Å²) in [4.78, 5) is 40.7. The van der Waals surface area contributed by atoms with Gasteiger partial charge in [0.15, 0.2) is 23.0 Å². The molecule has 0 fully saturated rings. The number of nitrogens with zero attached hydrogens (tertiary/aromatic N) is 4. The van der Waals surface area contributed by atoms with Crippen molar-refractivity contribution in [2.45, 2.75) is 56.4 Å². The first-order valence-electron chi connectivity index (χ1n) is 20.3. The van der Waals surface area contributed by atoms with Crippen molar-refractivity contribution >= 4 is 80.0 Å². The Kier molecular flexibility index (Phi) is 13.1. The Bertz CT molecular complexity index is 2610. The molecule has 3 heterocycles. The molecule has 3 aliphatic rings. The molecule has 0 radical (unpaired) electrons. The van der Waals surface area contributed by atoms with Crippen molar-refractivity contribution in [2.24, 2.45) is 9.98 Å². The fraction of sp³-hybridized carbons (Fsp3) is 0.286. The number of ether oxygens (including phenoxy) is 4. The van der Waals surface area contributed by atoms with Crippen LogP contribution in [0.2, 0.25) is 0 Å². The molecule has 0 aliphatic carbocycles. The number of aliphatic imine (C=N–C) groups is 2. The van der Waals surface area contributed by atoms with Crippen LogP contribution in [-0.4, -0.2) is 67.5 Å². The summed E-state index contributed by atoms with van der Waals surface area (Å²) in [6.45, 7) is 9.23. The normalized spacial score (nSPS) is 14.9. The molecule has 5 aromatic rings. The number of anilines is 2. The maximum atomic E-state index is 14.0. The highest BCUT2D eigenvalue weighted by atomic mass is 33.1. The van der Waals surface area contributed by atoms with E-state index in [0.29, 0.717) is 58.5 Å². The van der Waals surface area contributed by atoms with Crippen molar-refractivity contribution in [1.82, 2.24) is 0 Å². The zero-order chi connectivity index (χ0) is 43.4. The summed E-state index contributed by atoms with van der Waals surface area (Å²) in [5.41, 5.74) is 8.80. The Balaban J connectivity index is 1.05. The van der Waals surface area contributed by atoms with Gasteiger partial charge in [-0.3, -0.25) is 19.5 Å². The number of carbonyl (C=O) groups is 2. The summed E-state index contributed by atoms with van der Waals surface area (Å²) >= 11 is 1.88. The lowest BCUT2D eigenvalue weighted by Crippen LogP contribution is -2.37. The minimum Gasteiger partial charge on any atom is -0.493 e. The molecule has 2 amide bonds. The Morgan fingerprint density at radius 2 is 1.53 bits per heavy atom. The zero-order valence-electron chi connectivity index (χ0n) is 35.4. The number of thioether (sulfide) groups is 1. The number of para-hydroxylation sites is 2. The largest absolute Gasteiger partial charge is 0.493 e. The molecule has 8 rings (SSSR count). The van der Waals surface area contributed by atoms with Crippen LogP contribution in [0.4, 0.5) is 22.7 Å². The van der Waals surface area contributed by atoms with Crippen molar-refractivity contribution in [3.05, 3.63) is 137 Å². The summed E-state index contributed by atoms with van der Waals surface area (Å²) in [7, 11) is 6.79. The lowest BCUT2D eigenvalue weighted by atomic mass is 10.1. The second kappa shape index (κ2) is 18.8. The van der Waals surface area contributed by atoms with E-state index in [4.69, 9.17) is 23.9 Å². The highest BCUT2D eigenvalue weighted by molar-refractivity contribution is 8.77. The first kappa shape index (κ1) is 43.1. The quantitative estimate of drug-likeness (QED) is 0.0708. The van der Waals surface area contributed by atoms with E-state index < -0.39 is 0 Å². The first-order valence-corrected chi connectivity index (χ1v) is 24.0. The molecule has 62 heavy (non-hydrogen) atoms. The number of carbonyl (C=O) groups excluding carboxylic acids is 2. The average Bonchev–Trinajstić information content (AvgIpc) is 3.85. The third-order valence-electron chi connectivity index (χ3n) is 10.9. The molecule has 0 aromatic heterocycles. The van der Waals surface area contributed by atoms with E-state index in [1.165, 1.54) is 0 Å². The van der Waals surface area contributed by atoms with Gasteiger partial charge in [-0.1, -0.05) is 70.1 Å². The number of rotatable bonds is 16. The third-order valence-corrected chi connectivity index (χ3v) is 15.2. The summed E-state index contributed by atoms with van der Waals surface area (Å²) in [5.74, 6) is 5.84. The Hall–Kier alpha value is -5.59. The Morgan fingerprint density at radius 1 is 0.871 bits per heavy atom. The van der Waals surface area contributed by atoms with Gasteiger partial charge in [0.1, 0.15) is 13.2 Å². The predicted molar refractivity (Wildman–Crippen MR) is 256 cm³/mol. The molecule has 0 saturated heterocycles. The van der Waals surface area contributed by atoms with Crippen molar-refractivity contribution in [1.29, 1.82) is 0 Å². The second-order valence-corrected chi connectivity index (χ2v) is 19.8. The molecule has 13 heteroatoms. The molecule has 0 bridgehead atoms. The fourth-order valence-electron chi connectivity index (χ4n) is 8.13. The molecule has 3 aliphatic heterocycles. The molecule has 0 N–H and O–H groups in total. The summed E-state index contributed by atoms with van der Waals surface area (Å²) < 4.78 is 24.7. The van der Waals surface area contributed by atoms with Gasteiger partial charge in [-0.05, 0) is 97.1 Å².